The molecule has 2 aromatic rings. The van der Waals surface area contributed by atoms with E-state index >= 15 is 0 Å². The lowest BCUT2D eigenvalue weighted by molar-refractivity contribution is 0.00534. The van der Waals surface area contributed by atoms with Gasteiger partial charge in [-0.15, -0.1) is 35.3 Å². The number of benzene rings is 1. The molecule has 0 atom stereocenters. The Hall–Kier alpha value is -1.23. The Morgan fingerprint density at radius 1 is 1.16 bits per heavy atom. The van der Waals surface area contributed by atoms with E-state index < -0.39 is 0 Å². The summed E-state index contributed by atoms with van der Waals surface area (Å²) in [4.78, 5) is 12.7. The number of aliphatic imine (C=N–C) groups is 1. The van der Waals surface area contributed by atoms with Gasteiger partial charge in [-0.25, -0.2) is 4.98 Å². The van der Waals surface area contributed by atoms with Crippen LogP contribution in [0.3, 0.4) is 0 Å². The minimum absolute atomic E-state index is 0. The molecule has 0 bridgehead atoms. The Bertz CT molecular complexity index is 786. The van der Waals surface area contributed by atoms with Crippen molar-refractivity contribution in [1.29, 1.82) is 0 Å². The molecule has 0 aliphatic carbocycles. The number of piperidine rings is 1. The van der Waals surface area contributed by atoms with E-state index in [2.05, 4.69) is 69.7 Å². The van der Waals surface area contributed by atoms with Gasteiger partial charge in [0.05, 0.1) is 16.8 Å². The van der Waals surface area contributed by atoms with Crippen LogP contribution in [-0.4, -0.2) is 61.8 Å². The van der Waals surface area contributed by atoms with E-state index in [9.17, 15) is 0 Å². The van der Waals surface area contributed by atoms with Crippen LogP contribution >= 0.6 is 35.3 Å². The summed E-state index contributed by atoms with van der Waals surface area (Å²) in [6, 6.07) is 10.7. The molecule has 2 heterocycles. The van der Waals surface area contributed by atoms with E-state index in [0.717, 1.165) is 76.7 Å². The summed E-state index contributed by atoms with van der Waals surface area (Å²) >= 11 is 1.78. The molecule has 3 rings (SSSR count). The van der Waals surface area contributed by atoms with Crippen molar-refractivity contribution in [3.8, 4) is 0 Å². The fraction of sp³-hybridized carbons (Fsp3) is 0.583. The highest BCUT2D eigenvalue weighted by Crippen LogP contribution is 2.17. The Labute approximate surface area is 214 Å². The molecule has 6 nitrogen and oxygen atoms in total. The van der Waals surface area contributed by atoms with Gasteiger partial charge < -0.3 is 15.4 Å². The second kappa shape index (κ2) is 14.8. The molecule has 0 radical (unpaired) electrons. The zero-order chi connectivity index (χ0) is 21.9. The van der Waals surface area contributed by atoms with Crippen LogP contribution in [0.2, 0.25) is 0 Å². The molecule has 1 saturated heterocycles. The lowest BCUT2D eigenvalue weighted by Crippen LogP contribution is -2.39. The van der Waals surface area contributed by atoms with Crippen LogP contribution in [0.5, 0.6) is 0 Å². The van der Waals surface area contributed by atoms with Gasteiger partial charge in [0.15, 0.2) is 5.96 Å². The molecular formula is C24H38IN5OS. The average molecular weight is 572 g/mol. The van der Waals surface area contributed by atoms with Crippen molar-refractivity contribution < 1.29 is 4.74 Å². The second-order valence-corrected chi connectivity index (χ2v) is 9.40. The Morgan fingerprint density at radius 2 is 1.88 bits per heavy atom. The van der Waals surface area contributed by atoms with Gasteiger partial charge in [0.2, 0.25) is 0 Å². The average Bonchev–Trinajstić information content (AvgIpc) is 3.11. The van der Waals surface area contributed by atoms with Crippen molar-refractivity contribution in [2.75, 3.05) is 39.8 Å². The van der Waals surface area contributed by atoms with Gasteiger partial charge in [-0.1, -0.05) is 30.3 Å². The number of nitrogens with one attached hydrogen (secondary N) is 2. The van der Waals surface area contributed by atoms with Crippen LogP contribution in [0.1, 0.15) is 40.4 Å². The molecule has 1 aromatic heterocycles. The van der Waals surface area contributed by atoms with E-state index in [0.29, 0.717) is 6.10 Å². The van der Waals surface area contributed by atoms with Gasteiger partial charge in [-0.3, -0.25) is 9.89 Å². The number of aromatic nitrogens is 1. The van der Waals surface area contributed by atoms with Gasteiger partial charge >= 0.3 is 0 Å². The third-order valence-electron chi connectivity index (χ3n) is 5.68. The summed E-state index contributed by atoms with van der Waals surface area (Å²) in [5, 5.41) is 7.93. The van der Waals surface area contributed by atoms with Crippen molar-refractivity contribution >= 4 is 41.3 Å². The summed E-state index contributed by atoms with van der Waals surface area (Å²) in [7, 11) is 1.81. The maximum absolute atomic E-state index is 6.12. The molecular weight excluding hydrogens is 533 g/mol. The quantitative estimate of drug-likeness (QED) is 0.194. The number of aryl methyl sites for hydroxylation is 2. The number of guanidine groups is 1. The summed E-state index contributed by atoms with van der Waals surface area (Å²) in [6.45, 7) is 9.97. The van der Waals surface area contributed by atoms with E-state index in [-0.39, 0.29) is 24.0 Å². The highest BCUT2D eigenvalue weighted by Gasteiger charge is 2.19. The summed E-state index contributed by atoms with van der Waals surface area (Å²) in [5.74, 6) is 0.847. The molecule has 0 amide bonds. The minimum Gasteiger partial charge on any atom is -0.378 e. The maximum atomic E-state index is 6.12. The van der Waals surface area contributed by atoms with Gasteiger partial charge in [-0.2, -0.15) is 0 Å². The second-order valence-electron chi connectivity index (χ2n) is 8.11. The first-order chi connectivity index (χ1) is 15.1. The predicted molar refractivity (Wildman–Crippen MR) is 145 cm³/mol. The molecule has 2 N–H and O–H groups in total. The van der Waals surface area contributed by atoms with Crippen LogP contribution in [-0.2, 0) is 17.7 Å². The molecule has 0 unspecified atom stereocenters. The molecule has 1 aliphatic rings. The Morgan fingerprint density at radius 3 is 2.53 bits per heavy atom. The van der Waals surface area contributed by atoms with Crippen molar-refractivity contribution in [2.24, 2.45) is 4.99 Å². The number of rotatable bonds is 10. The predicted octanol–water partition coefficient (Wildman–Crippen LogP) is 4.16. The minimum atomic E-state index is 0. The molecule has 178 valence electrons. The van der Waals surface area contributed by atoms with Gasteiger partial charge in [0.25, 0.3) is 0 Å². The Balaban J connectivity index is 0.00000363. The first-order valence-electron chi connectivity index (χ1n) is 11.4. The lowest BCUT2D eigenvalue weighted by Gasteiger charge is -2.32. The molecule has 1 aliphatic heterocycles. The van der Waals surface area contributed by atoms with E-state index in [1.165, 1.54) is 15.4 Å². The topological polar surface area (TPSA) is 61.8 Å². The lowest BCUT2D eigenvalue weighted by atomic mass is 10.1. The zero-order valence-electron chi connectivity index (χ0n) is 19.6. The van der Waals surface area contributed by atoms with Crippen molar-refractivity contribution in [3.63, 3.8) is 0 Å². The number of thiazole rings is 1. The molecule has 8 heteroatoms. The maximum Gasteiger partial charge on any atom is 0.190 e. The van der Waals surface area contributed by atoms with Crippen molar-refractivity contribution in [3.05, 3.63) is 51.5 Å². The van der Waals surface area contributed by atoms with E-state index in [4.69, 9.17) is 4.74 Å². The number of halogens is 1. The normalized spacial score (nSPS) is 15.4. The van der Waals surface area contributed by atoms with Crippen LogP contribution < -0.4 is 10.6 Å². The Kier molecular flexibility index (Phi) is 12.5. The third kappa shape index (κ3) is 9.33. The smallest absolute Gasteiger partial charge is 0.190 e. The summed E-state index contributed by atoms with van der Waals surface area (Å²) < 4.78 is 6.12. The van der Waals surface area contributed by atoms with Crippen molar-refractivity contribution in [2.45, 2.75) is 52.2 Å². The molecule has 1 fully saturated rings. The standard InChI is InChI=1S/C24H37N5OS.HI/c1-19-20(2)31-23(28-19)10-14-27-24(25-3)26-13-7-17-30-22-11-15-29(16-12-22)18-21-8-5-4-6-9-21;/h4-6,8-9,22H,7,10-18H2,1-3H3,(H2,25,26,27);1H. The van der Waals surface area contributed by atoms with Gasteiger partial charge in [0.1, 0.15) is 0 Å². The first kappa shape index (κ1) is 27.0. The number of nitrogens with zero attached hydrogens (tertiary/aromatic N) is 3. The molecule has 32 heavy (non-hydrogen) atoms. The summed E-state index contributed by atoms with van der Waals surface area (Å²) in [6.07, 6.45) is 4.55. The van der Waals surface area contributed by atoms with Crippen molar-refractivity contribution in [1.82, 2.24) is 20.5 Å². The number of hydrogen-bond acceptors (Lipinski definition) is 5. The molecule has 1 aromatic carbocycles. The van der Waals surface area contributed by atoms with Gasteiger partial charge in [-0.05, 0) is 38.7 Å². The van der Waals surface area contributed by atoms with E-state index in [1.54, 1.807) is 11.3 Å². The zero-order valence-corrected chi connectivity index (χ0v) is 22.7. The molecule has 0 saturated carbocycles. The number of ether oxygens (including phenoxy) is 1. The van der Waals surface area contributed by atoms with Crippen LogP contribution in [0, 0.1) is 13.8 Å². The molecule has 0 spiro atoms. The third-order valence-corrected chi connectivity index (χ3v) is 6.81. The fourth-order valence-corrected chi connectivity index (χ4v) is 4.69. The SMILES string of the molecule is CN=C(NCCCOC1CCN(Cc2ccccc2)CC1)NCCc1nc(C)c(C)s1.I. The largest absolute Gasteiger partial charge is 0.378 e. The highest BCUT2D eigenvalue weighted by atomic mass is 127. The number of likely N-dealkylation sites (tertiary alicyclic amines) is 1. The van der Waals surface area contributed by atoms with Crippen LogP contribution in [0.15, 0.2) is 35.3 Å². The summed E-state index contributed by atoms with van der Waals surface area (Å²) in [5.41, 5.74) is 2.54. The highest BCUT2D eigenvalue weighted by molar-refractivity contribution is 14.0. The monoisotopic (exact) mass is 571 g/mol. The fourth-order valence-electron chi connectivity index (χ4n) is 3.76. The van der Waals surface area contributed by atoms with Crippen LogP contribution in [0.25, 0.3) is 0 Å². The van der Waals surface area contributed by atoms with E-state index in [1.807, 2.05) is 7.05 Å². The van der Waals surface area contributed by atoms with Crippen LogP contribution in [0.4, 0.5) is 0 Å². The van der Waals surface area contributed by atoms with Gasteiger partial charge in [0, 0.05) is 57.7 Å². The first-order valence-corrected chi connectivity index (χ1v) is 12.2. The number of hydrogen-bond donors (Lipinski definition) is 2.